The molecule has 0 radical (unpaired) electrons. The van der Waals surface area contributed by atoms with Crippen LogP contribution in [0.4, 0.5) is 4.39 Å². The first kappa shape index (κ1) is 13.4. The second-order valence-electron chi connectivity index (χ2n) is 4.11. The standard InChI is InChI=1S/C12H17ClFNO/c1-9(16)5-6-15(2)8-10-3-4-11(13)7-12(10)14/h3-4,7,9,16H,5-6,8H2,1-2H3. The Balaban J connectivity index is 2.52. The molecule has 1 atom stereocenters. The van der Waals surface area contributed by atoms with Crippen molar-refractivity contribution in [2.75, 3.05) is 13.6 Å². The summed E-state index contributed by atoms with van der Waals surface area (Å²) in [7, 11) is 1.90. The highest BCUT2D eigenvalue weighted by Gasteiger charge is 2.07. The monoisotopic (exact) mass is 245 g/mol. The maximum atomic E-state index is 13.4. The summed E-state index contributed by atoms with van der Waals surface area (Å²) < 4.78 is 13.4. The second-order valence-corrected chi connectivity index (χ2v) is 4.55. The molecule has 1 aromatic carbocycles. The maximum Gasteiger partial charge on any atom is 0.129 e. The maximum absolute atomic E-state index is 13.4. The van der Waals surface area contributed by atoms with Crippen molar-refractivity contribution in [1.29, 1.82) is 0 Å². The molecule has 0 aliphatic heterocycles. The summed E-state index contributed by atoms with van der Waals surface area (Å²) in [4.78, 5) is 1.97. The lowest BCUT2D eigenvalue weighted by atomic mass is 10.2. The van der Waals surface area contributed by atoms with Crippen LogP contribution in [0.5, 0.6) is 0 Å². The molecule has 0 saturated heterocycles. The minimum Gasteiger partial charge on any atom is -0.393 e. The van der Waals surface area contributed by atoms with Crippen LogP contribution < -0.4 is 0 Å². The number of hydrogen-bond acceptors (Lipinski definition) is 2. The summed E-state index contributed by atoms with van der Waals surface area (Å²) in [6.07, 6.45) is 0.364. The van der Waals surface area contributed by atoms with Crippen LogP contribution in [0.1, 0.15) is 18.9 Å². The van der Waals surface area contributed by atoms with Gasteiger partial charge in [0.15, 0.2) is 0 Å². The Bertz CT molecular complexity index is 344. The van der Waals surface area contributed by atoms with Gasteiger partial charge in [0.1, 0.15) is 5.82 Å². The van der Waals surface area contributed by atoms with Crippen molar-refractivity contribution < 1.29 is 9.50 Å². The number of nitrogens with zero attached hydrogens (tertiary/aromatic N) is 1. The van der Waals surface area contributed by atoms with E-state index in [1.807, 2.05) is 11.9 Å². The Kier molecular flexibility index (Phi) is 5.19. The third-order valence-corrected chi connectivity index (χ3v) is 2.62. The Morgan fingerprint density at radius 1 is 1.50 bits per heavy atom. The van der Waals surface area contributed by atoms with Crippen LogP contribution in [0.2, 0.25) is 5.02 Å². The van der Waals surface area contributed by atoms with E-state index < -0.39 is 0 Å². The number of hydrogen-bond donors (Lipinski definition) is 1. The predicted octanol–water partition coefficient (Wildman–Crippen LogP) is 2.68. The lowest BCUT2D eigenvalue weighted by Crippen LogP contribution is -2.22. The van der Waals surface area contributed by atoms with Crippen molar-refractivity contribution in [3.05, 3.63) is 34.6 Å². The largest absolute Gasteiger partial charge is 0.393 e. The molecule has 1 unspecified atom stereocenters. The zero-order valence-corrected chi connectivity index (χ0v) is 10.3. The first-order valence-electron chi connectivity index (χ1n) is 5.29. The fourth-order valence-corrected chi connectivity index (χ4v) is 1.59. The quantitative estimate of drug-likeness (QED) is 0.862. The smallest absolute Gasteiger partial charge is 0.129 e. The van der Waals surface area contributed by atoms with E-state index in [1.54, 1.807) is 19.1 Å². The Morgan fingerprint density at radius 3 is 2.75 bits per heavy atom. The van der Waals surface area contributed by atoms with Gasteiger partial charge in [-0.1, -0.05) is 17.7 Å². The van der Waals surface area contributed by atoms with Crippen LogP contribution in [0.25, 0.3) is 0 Å². The summed E-state index contributed by atoms with van der Waals surface area (Å²) >= 11 is 5.67. The molecule has 0 amide bonds. The van der Waals surface area contributed by atoms with E-state index in [0.29, 0.717) is 23.6 Å². The van der Waals surface area contributed by atoms with Crippen molar-refractivity contribution in [2.45, 2.75) is 26.0 Å². The fourth-order valence-electron chi connectivity index (χ4n) is 1.43. The Hall–Kier alpha value is -0.640. The molecule has 0 bridgehead atoms. The molecule has 4 heteroatoms. The zero-order chi connectivity index (χ0) is 12.1. The van der Waals surface area contributed by atoms with E-state index >= 15 is 0 Å². The molecule has 0 heterocycles. The summed E-state index contributed by atoms with van der Waals surface area (Å²) in [6, 6.07) is 4.69. The van der Waals surface area contributed by atoms with Crippen molar-refractivity contribution >= 4 is 11.6 Å². The van der Waals surface area contributed by atoms with Crippen molar-refractivity contribution in [3.63, 3.8) is 0 Å². The van der Waals surface area contributed by atoms with Crippen molar-refractivity contribution in [2.24, 2.45) is 0 Å². The van der Waals surface area contributed by atoms with Crippen LogP contribution in [0.15, 0.2) is 18.2 Å². The Labute approximate surface area is 101 Å². The minimum absolute atomic E-state index is 0.281. The van der Waals surface area contributed by atoms with Gasteiger partial charge >= 0.3 is 0 Å². The van der Waals surface area contributed by atoms with E-state index in [1.165, 1.54) is 6.07 Å². The lowest BCUT2D eigenvalue weighted by molar-refractivity contribution is 0.162. The highest BCUT2D eigenvalue weighted by molar-refractivity contribution is 6.30. The molecule has 0 fully saturated rings. The second kappa shape index (κ2) is 6.18. The Morgan fingerprint density at radius 2 is 2.19 bits per heavy atom. The highest BCUT2D eigenvalue weighted by Crippen LogP contribution is 2.15. The van der Waals surface area contributed by atoms with Gasteiger partial charge in [0.25, 0.3) is 0 Å². The van der Waals surface area contributed by atoms with Crippen LogP contribution in [0, 0.1) is 5.82 Å². The van der Waals surface area contributed by atoms with Gasteiger partial charge < -0.3 is 10.0 Å². The minimum atomic E-state index is -0.322. The van der Waals surface area contributed by atoms with Crippen LogP contribution in [-0.4, -0.2) is 29.7 Å². The van der Waals surface area contributed by atoms with E-state index in [0.717, 1.165) is 6.54 Å². The molecule has 1 N–H and O–H groups in total. The number of benzene rings is 1. The summed E-state index contributed by atoms with van der Waals surface area (Å²) in [5.41, 5.74) is 0.623. The normalized spacial score (nSPS) is 13.1. The van der Waals surface area contributed by atoms with Crippen molar-refractivity contribution in [3.8, 4) is 0 Å². The molecule has 16 heavy (non-hydrogen) atoms. The number of rotatable bonds is 5. The fraction of sp³-hybridized carbons (Fsp3) is 0.500. The topological polar surface area (TPSA) is 23.5 Å². The van der Waals surface area contributed by atoms with E-state index in [9.17, 15) is 4.39 Å². The number of halogens is 2. The SMILES string of the molecule is CC(O)CCN(C)Cc1ccc(Cl)cc1F. The molecule has 0 spiro atoms. The summed E-state index contributed by atoms with van der Waals surface area (Å²) in [5, 5.41) is 9.55. The van der Waals surface area contributed by atoms with Gasteiger partial charge in [0, 0.05) is 23.7 Å². The third-order valence-electron chi connectivity index (χ3n) is 2.38. The molecule has 1 aromatic rings. The third kappa shape index (κ3) is 4.47. The zero-order valence-electron chi connectivity index (χ0n) is 9.58. The number of aliphatic hydroxyl groups excluding tert-OH is 1. The average Bonchev–Trinajstić information content (AvgIpc) is 2.19. The van der Waals surface area contributed by atoms with Crippen LogP contribution in [-0.2, 0) is 6.54 Å². The van der Waals surface area contributed by atoms with Crippen molar-refractivity contribution in [1.82, 2.24) is 4.90 Å². The highest BCUT2D eigenvalue weighted by atomic mass is 35.5. The molecule has 90 valence electrons. The number of aliphatic hydroxyl groups is 1. The molecule has 0 saturated carbocycles. The van der Waals surface area contributed by atoms with Gasteiger partial charge in [0.2, 0.25) is 0 Å². The van der Waals surface area contributed by atoms with Crippen LogP contribution >= 0.6 is 11.6 Å². The van der Waals surface area contributed by atoms with Gasteiger partial charge in [-0.15, -0.1) is 0 Å². The molecular weight excluding hydrogens is 229 g/mol. The first-order valence-corrected chi connectivity index (χ1v) is 5.67. The lowest BCUT2D eigenvalue weighted by Gasteiger charge is -2.17. The molecule has 2 nitrogen and oxygen atoms in total. The van der Waals surface area contributed by atoms with Gasteiger partial charge in [-0.2, -0.15) is 0 Å². The average molecular weight is 246 g/mol. The molecule has 0 aromatic heterocycles. The van der Waals surface area contributed by atoms with E-state index in [4.69, 9.17) is 16.7 Å². The van der Waals surface area contributed by atoms with Crippen LogP contribution in [0.3, 0.4) is 0 Å². The van der Waals surface area contributed by atoms with Gasteiger partial charge in [0.05, 0.1) is 6.10 Å². The molecule has 0 aliphatic rings. The predicted molar refractivity (Wildman–Crippen MR) is 64.0 cm³/mol. The van der Waals surface area contributed by atoms with E-state index in [-0.39, 0.29) is 11.9 Å². The van der Waals surface area contributed by atoms with Gasteiger partial charge in [-0.25, -0.2) is 4.39 Å². The molecule has 1 rings (SSSR count). The van der Waals surface area contributed by atoms with E-state index in [2.05, 4.69) is 0 Å². The summed E-state index contributed by atoms with van der Waals surface area (Å²) in [5.74, 6) is -0.281. The molecular formula is C12H17ClFNO. The molecule has 0 aliphatic carbocycles. The van der Waals surface area contributed by atoms with Gasteiger partial charge in [-0.05, 0) is 32.5 Å². The first-order chi connectivity index (χ1) is 7.49. The van der Waals surface area contributed by atoms with Gasteiger partial charge in [-0.3, -0.25) is 0 Å². The summed E-state index contributed by atoms with van der Waals surface area (Å²) in [6.45, 7) is 3.01.